The molecule has 2 N–H and O–H groups in total. The van der Waals surface area contributed by atoms with Crippen LogP contribution in [0.1, 0.15) is 56.8 Å². The van der Waals surface area contributed by atoms with Gasteiger partial charge in [0.05, 0.1) is 0 Å². The van der Waals surface area contributed by atoms with E-state index in [1.165, 1.54) is 25.7 Å². The lowest BCUT2D eigenvalue weighted by Gasteiger charge is -2.18. The molecule has 6 nitrogen and oxygen atoms in total. The molecule has 0 spiro atoms. The van der Waals surface area contributed by atoms with Crippen LogP contribution in [0.5, 0.6) is 0 Å². The molecule has 0 amide bonds. The Morgan fingerprint density at radius 2 is 2.00 bits per heavy atom. The molecule has 146 valence electrons. The lowest BCUT2D eigenvalue weighted by Crippen LogP contribution is -2.42. The van der Waals surface area contributed by atoms with E-state index in [2.05, 4.69) is 48.8 Å². The third kappa shape index (κ3) is 5.61. The zero-order valence-corrected chi connectivity index (χ0v) is 18.9. The number of aromatic nitrogens is 3. The molecule has 0 unspecified atom stereocenters. The second kappa shape index (κ2) is 11.2. The molecule has 2 aliphatic rings. The lowest BCUT2D eigenvalue weighted by molar-refractivity contribution is 0.460. The second-order valence-corrected chi connectivity index (χ2v) is 7.57. The van der Waals surface area contributed by atoms with Gasteiger partial charge in [0.1, 0.15) is 5.82 Å². The number of halogens is 1. The molecule has 3 rings (SSSR count). The SMILES string of the molecule is CN=C(NCCCc1nnc(SC)n1C1CCCC1)NC1CC=CC1.I. The Kier molecular flexibility index (Phi) is 9.24. The first-order chi connectivity index (χ1) is 12.3. The van der Waals surface area contributed by atoms with Gasteiger partial charge in [0.15, 0.2) is 11.1 Å². The average molecular weight is 490 g/mol. The Morgan fingerprint density at radius 1 is 1.27 bits per heavy atom. The number of hydrogen-bond donors (Lipinski definition) is 2. The summed E-state index contributed by atoms with van der Waals surface area (Å²) in [5, 5.41) is 16.8. The fourth-order valence-electron chi connectivity index (χ4n) is 3.72. The molecule has 1 saturated carbocycles. The number of hydrogen-bond acceptors (Lipinski definition) is 4. The maximum atomic E-state index is 4.46. The van der Waals surface area contributed by atoms with Crippen LogP contribution in [0.3, 0.4) is 0 Å². The monoisotopic (exact) mass is 490 g/mol. The highest BCUT2D eigenvalue weighted by atomic mass is 127. The van der Waals surface area contributed by atoms with E-state index in [4.69, 9.17) is 0 Å². The van der Waals surface area contributed by atoms with Crippen LogP contribution in [0.25, 0.3) is 0 Å². The molecule has 0 radical (unpaired) electrons. The first-order valence-electron chi connectivity index (χ1n) is 9.41. The quantitative estimate of drug-likeness (QED) is 0.153. The van der Waals surface area contributed by atoms with E-state index in [0.717, 1.165) is 49.2 Å². The fraction of sp³-hybridized carbons (Fsp3) is 0.722. The number of rotatable bonds is 7. The highest BCUT2D eigenvalue weighted by Crippen LogP contribution is 2.33. The summed E-state index contributed by atoms with van der Waals surface area (Å²) in [4.78, 5) is 4.32. The normalized spacial score (nSPS) is 18.3. The van der Waals surface area contributed by atoms with Gasteiger partial charge in [-0.25, -0.2) is 0 Å². The van der Waals surface area contributed by atoms with Crippen molar-refractivity contribution in [3.8, 4) is 0 Å². The molecule has 0 saturated heterocycles. The van der Waals surface area contributed by atoms with Crippen molar-refractivity contribution in [2.45, 2.75) is 68.6 Å². The average Bonchev–Trinajstić information content (AvgIpc) is 3.38. The molecule has 0 aromatic carbocycles. The van der Waals surface area contributed by atoms with Crippen molar-refractivity contribution in [1.29, 1.82) is 0 Å². The zero-order chi connectivity index (χ0) is 17.5. The highest BCUT2D eigenvalue weighted by molar-refractivity contribution is 14.0. The molecule has 2 aliphatic carbocycles. The molecule has 1 aromatic rings. The number of aliphatic imine (C=N–C) groups is 1. The van der Waals surface area contributed by atoms with Crippen LogP contribution in [0, 0.1) is 0 Å². The van der Waals surface area contributed by atoms with Crippen LogP contribution in [0.2, 0.25) is 0 Å². The van der Waals surface area contributed by atoms with Gasteiger partial charge in [0.25, 0.3) is 0 Å². The third-order valence-electron chi connectivity index (χ3n) is 5.05. The standard InChI is InChI=1S/C18H30N6S.HI/c1-19-17(21-14-8-3-4-9-14)20-13-7-12-16-22-23-18(25-2)24(16)15-10-5-6-11-15;/h3-4,14-15H,5-13H2,1-2H3,(H2,19,20,21);1H. The third-order valence-corrected chi connectivity index (χ3v) is 5.69. The van der Waals surface area contributed by atoms with Crippen LogP contribution < -0.4 is 10.6 Å². The first kappa shape index (κ1) is 21.5. The fourth-order valence-corrected chi connectivity index (χ4v) is 4.30. The smallest absolute Gasteiger partial charge is 0.191 e. The van der Waals surface area contributed by atoms with Gasteiger partial charge in [0, 0.05) is 32.1 Å². The lowest BCUT2D eigenvalue weighted by atomic mass is 10.2. The van der Waals surface area contributed by atoms with Gasteiger partial charge in [-0.1, -0.05) is 36.8 Å². The van der Waals surface area contributed by atoms with E-state index in [1.807, 2.05) is 7.05 Å². The van der Waals surface area contributed by atoms with E-state index < -0.39 is 0 Å². The molecule has 1 fully saturated rings. The van der Waals surface area contributed by atoms with E-state index in [9.17, 15) is 0 Å². The highest BCUT2D eigenvalue weighted by Gasteiger charge is 2.23. The van der Waals surface area contributed by atoms with Crippen molar-refractivity contribution in [3.63, 3.8) is 0 Å². The predicted molar refractivity (Wildman–Crippen MR) is 120 cm³/mol. The van der Waals surface area contributed by atoms with Crippen LogP contribution in [0.4, 0.5) is 0 Å². The van der Waals surface area contributed by atoms with Gasteiger partial charge < -0.3 is 15.2 Å². The van der Waals surface area contributed by atoms with Crippen LogP contribution in [-0.2, 0) is 6.42 Å². The van der Waals surface area contributed by atoms with Gasteiger partial charge in [-0.15, -0.1) is 34.2 Å². The van der Waals surface area contributed by atoms with Gasteiger partial charge in [-0.3, -0.25) is 4.99 Å². The maximum absolute atomic E-state index is 4.46. The summed E-state index contributed by atoms with van der Waals surface area (Å²) in [6, 6.07) is 1.09. The summed E-state index contributed by atoms with van der Waals surface area (Å²) in [6.07, 6.45) is 15.9. The molecule has 0 aliphatic heterocycles. The van der Waals surface area contributed by atoms with Gasteiger partial charge in [-0.05, 0) is 38.4 Å². The van der Waals surface area contributed by atoms with Crippen molar-refractivity contribution in [2.75, 3.05) is 19.8 Å². The molecule has 1 aromatic heterocycles. The summed E-state index contributed by atoms with van der Waals surface area (Å²) in [5.41, 5.74) is 0. The molecular weight excluding hydrogens is 459 g/mol. The summed E-state index contributed by atoms with van der Waals surface area (Å²) < 4.78 is 2.40. The van der Waals surface area contributed by atoms with E-state index in [1.54, 1.807) is 11.8 Å². The number of thioether (sulfide) groups is 1. The molecule has 0 atom stereocenters. The predicted octanol–water partition coefficient (Wildman–Crippen LogP) is 3.55. The summed E-state index contributed by atoms with van der Waals surface area (Å²) in [7, 11) is 1.83. The minimum absolute atomic E-state index is 0. The number of nitrogens with zero attached hydrogens (tertiary/aromatic N) is 4. The Bertz CT molecular complexity index is 601. The summed E-state index contributed by atoms with van der Waals surface area (Å²) >= 11 is 1.71. The molecule has 0 bridgehead atoms. The minimum Gasteiger partial charge on any atom is -0.356 e. The number of guanidine groups is 1. The van der Waals surface area contributed by atoms with Gasteiger partial charge >= 0.3 is 0 Å². The maximum Gasteiger partial charge on any atom is 0.191 e. The van der Waals surface area contributed by atoms with Crippen molar-refractivity contribution in [1.82, 2.24) is 25.4 Å². The topological polar surface area (TPSA) is 67.1 Å². The zero-order valence-electron chi connectivity index (χ0n) is 15.8. The minimum atomic E-state index is 0. The van der Waals surface area contributed by atoms with Gasteiger partial charge in [-0.2, -0.15) is 0 Å². The molecule has 8 heteroatoms. The van der Waals surface area contributed by atoms with E-state index >= 15 is 0 Å². The molecule has 1 heterocycles. The largest absolute Gasteiger partial charge is 0.356 e. The Morgan fingerprint density at radius 3 is 2.65 bits per heavy atom. The Labute approximate surface area is 178 Å². The van der Waals surface area contributed by atoms with Gasteiger partial charge in [0.2, 0.25) is 0 Å². The van der Waals surface area contributed by atoms with Crippen LogP contribution in [0.15, 0.2) is 22.3 Å². The van der Waals surface area contributed by atoms with Crippen molar-refractivity contribution in [2.24, 2.45) is 4.99 Å². The number of aryl methyl sites for hydroxylation is 1. The Hall–Kier alpha value is -0.770. The summed E-state index contributed by atoms with van der Waals surface area (Å²) in [6.45, 7) is 0.895. The van der Waals surface area contributed by atoms with Crippen LogP contribution in [-0.4, -0.2) is 46.6 Å². The molecular formula is C18H31IN6S. The summed E-state index contributed by atoms with van der Waals surface area (Å²) in [5.74, 6) is 2.04. The van der Waals surface area contributed by atoms with Crippen LogP contribution >= 0.6 is 35.7 Å². The second-order valence-electron chi connectivity index (χ2n) is 6.80. The van der Waals surface area contributed by atoms with Crippen molar-refractivity contribution in [3.05, 3.63) is 18.0 Å². The van der Waals surface area contributed by atoms with E-state index in [-0.39, 0.29) is 24.0 Å². The van der Waals surface area contributed by atoms with Crippen molar-refractivity contribution < 1.29 is 0 Å². The van der Waals surface area contributed by atoms with E-state index in [0.29, 0.717) is 12.1 Å². The van der Waals surface area contributed by atoms with Crippen molar-refractivity contribution >= 4 is 41.7 Å². The first-order valence-corrected chi connectivity index (χ1v) is 10.6. The number of nitrogens with one attached hydrogen (secondary N) is 2. The molecule has 26 heavy (non-hydrogen) atoms. The Balaban J connectivity index is 0.00000243.